The first-order chi connectivity index (χ1) is 21.1. The van der Waals surface area contributed by atoms with Crippen LogP contribution in [-0.4, -0.2) is 30.4 Å². The summed E-state index contributed by atoms with van der Waals surface area (Å²) in [5.41, 5.74) is 8.66. The van der Waals surface area contributed by atoms with Gasteiger partial charge in [0.1, 0.15) is 11.5 Å². The van der Waals surface area contributed by atoms with Gasteiger partial charge < -0.3 is 4.98 Å². The molecule has 0 unspecified atom stereocenters. The number of halogens is 3. The number of rotatable bonds is 3. The molecule has 3 aromatic carbocycles. The molecule has 0 bridgehead atoms. The van der Waals surface area contributed by atoms with Crippen molar-refractivity contribution >= 4 is 0 Å². The predicted octanol–water partition coefficient (Wildman–Crippen LogP) is 7.98. The van der Waals surface area contributed by atoms with Gasteiger partial charge in [-0.05, 0) is 52.4 Å². The minimum atomic E-state index is -4.41. The monoisotopic (exact) mass is 779 g/mol. The Morgan fingerprint density at radius 2 is 1.44 bits per heavy atom. The Balaban J connectivity index is 0.000000174. The fraction of sp³-hybridized carbons (Fsp3) is 0.143. The van der Waals surface area contributed by atoms with E-state index in [1.165, 1.54) is 33.9 Å². The maximum absolute atomic E-state index is 12.5. The van der Waals surface area contributed by atoms with Gasteiger partial charge in [-0.25, -0.2) is 0 Å². The van der Waals surface area contributed by atoms with Gasteiger partial charge >= 0.3 is 6.18 Å². The van der Waals surface area contributed by atoms with Gasteiger partial charge in [0.15, 0.2) is 0 Å². The minimum absolute atomic E-state index is 0. The van der Waals surface area contributed by atoms with Crippen molar-refractivity contribution in [2.75, 3.05) is 0 Å². The van der Waals surface area contributed by atoms with Crippen LogP contribution in [0.5, 0.6) is 0 Å². The second-order valence-corrected chi connectivity index (χ2v) is 10.8. The summed E-state index contributed by atoms with van der Waals surface area (Å²) >= 11 is 0. The van der Waals surface area contributed by atoms with E-state index in [4.69, 9.17) is 0 Å². The molecule has 10 heteroatoms. The van der Waals surface area contributed by atoms with Crippen molar-refractivity contribution in [2.45, 2.75) is 32.4 Å². The Morgan fingerprint density at radius 1 is 0.711 bits per heavy atom. The topological polar surface area (TPSA) is 77.3 Å². The molecular weight excluding hydrogens is 754 g/mol. The van der Waals surface area contributed by atoms with Crippen LogP contribution >= 0.6 is 0 Å². The van der Waals surface area contributed by atoms with Crippen LogP contribution < -0.4 is 0 Å². The Labute approximate surface area is 272 Å². The third kappa shape index (κ3) is 6.43. The summed E-state index contributed by atoms with van der Waals surface area (Å²) in [4.78, 5) is 8.68. The largest absolute Gasteiger partial charge is 0.381 e. The van der Waals surface area contributed by atoms with E-state index in [0.717, 1.165) is 23.4 Å². The van der Waals surface area contributed by atoms with Gasteiger partial charge in [-0.2, -0.15) is 23.4 Å². The van der Waals surface area contributed by atoms with Crippen LogP contribution in [0.3, 0.4) is 0 Å². The fourth-order valence-electron chi connectivity index (χ4n) is 5.26. The quantitative estimate of drug-likeness (QED) is 0.170. The molecule has 0 saturated heterocycles. The fourth-order valence-corrected chi connectivity index (χ4v) is 5.26. The van der Waals surface area contributed by atoms with Gasteiger partial charge in [0, 0.05) is 32.5 Å². The summed E-state index contributed by atoms with van der Waals surface area (Å²) in [6.07, 6.45) is -0.900. The minimum Gasteiger partial charge on any atom is -0.304 e. The summed E-state index contributed by atoms with van der Waals surface area (Å²) in [6.45, 7) is 6.65. The maximum atomic E-state index is 12.5. The molecule has 0 fully saturated rings. The van der Waals surface area contributed by atoms with Crippen LogP contribution in [0.1, 0.15) is 36.1 Å². The molecule has 1 aliphatic rings. The maximum Gasteiger partial charge on any atom is 0.381 e. The normalized spacial score (nSPS) is 12.7. The number of benzene rings is 3. The van der Waals surface area contributed by atoms with E-state index < -0.39 is 11.7 Å². The molecule has 0 N–H and O–H groups in total. The SMILES string of the molecule is Cc1ccc(-c2[c-]ccc3c2C(C)(C)c2ccccc2-3)nc1.FC(F)(F)c1c[c-]c(-c2nnc(-c3ccccn3)nn2)cc1.[Ir]. The Bertz CT molecular complexity index is 1910. The number of aromatic nitrogens is 6. The average Bonchev–Trinajstić information content (AvgIpc) is 3.29. The van der Waals surface area contributed by atoms with E-state index >= 15 is 0 Å². The summed E-state index contributed by atoms with van der Waals surface area (Å²) in [5.74, 6) is 0.324. The van der Waals surface area contributed by atoms with Gasteiger partial charge in [0.2, 0.25) is 5.82 Å². The number of hydrogen-bond acceptors (Lipinski definition) is 6. The molecule has 3 aromatic heterocycles. The van der Waals surface area contributed by atoms with E-state index in [1.54, 1.807) is 24.4 Å². The number of pyridine rings is 2. The standard InChI is InChI=1S/C21H18N.C14H7F3N5.Ir/c1-14-11-12-19(22-13-14)17-9-6-8-16-15-7-4-5-10-18(15)21(2,3)20(16)17;15-14(16,17)10-6-4-9(5-7-10)12-19-21-13(22-20-12)11-3-1-2-8-18-11;/h4-8,10-13H,1-3H3;1-4,6-8H;/q2*-1;. The number of aryl methyl sites for hydroxylation is 1. The zero-order valence-corrected chi connectivity index (χ0v) is 26.8. The van der Waals surface area contributed by atoms with Crippen LogP contribution in [-0.2, 0) is 31.7 Å². The molecular formula is C35H25F3IrN6-2. The molecule has 0 atom stereocenters. The first kappa shape index (κ1) is 31.8. The third-order valence-corrected chi connectivity index (χ3v) is 7.43. The average molecular weight is 779 g/mol. The number of fused-ring (bicyclic) bond motifs is 3. The molecule has 227 valence electrons. The molecule has 0 aliphatic heterocycles. The van der Waals surface area contributed by atoms with Gasteiger partial charge in [-0.15, -0.1) is 69.4 Å². The van der Waals surface area contributed by atoms with Crippen LogP contribution in [0.2, 0.25) is 0 Å². The molecule has 45 heavy (non-hydrogen) atoms. The van der Waals surface area contributed by atoms with E-state index in [1.807, 2.05) is 12.3 Å². The summed E-state index contributed by atoms with van der Waals surface area (Å²) < 4.78 is 37.4. The van der Waals surface area contributed by atoms with E-state index in [2.05, 4.69) is 106 Å². The van der Waals surface area contributed by atoms with Crippen molar-refractivity contribution in [1.29, 1.82) is 0 Å². The smallest absolute Gasteiger partial charge is 0.304 e. The molecule has 1 radical (unpaired) electrons. The number of alkyl halides is 3. The summed E-state index contributed by atoms with van der Waals surface area (Å²) in [6, 6.07) is 31.2. The molecule has 1 aliphatic carbocycles. The van der Waals surface area contributed by atoms with Gasteiger partial charge in [0.05, 0.1) is 0 Å². The van der Waals surface area contributed by atoms with Crippen molar-refractivity contribution in [3.8, 4) is 45.3 Å². The molecule has 0 saturated carbocycles. The first-order valence-electron chi connectivity index (χ1n) is 13.8. The van der Waals surface area contributed by atoms with Crippen molar-refractivity contribution in [2.24, 2.45) is 0 Å². The van der Waals surface area contributed by atoms with E-state index in [0.29, 0.717) is 5.69 Å². The summed E-state index contributed by atoms with van der Waals surface area (Å²) in [5, 5.41) is 15.4. The summed E-state index contributed by atoms with van der Waals surface area (Å²) in [7, 11) is 0. The molecule has 0 spiro atoms. The number of hydrogen-bond donors (Lipinski definition) is 0. The van der Waals surface area contributed by atoms with E-state index in [9.17, 15) is 13.2 Å². The van der Waals surface area contributed by atoms with Crippen LogP contribution in [0.4, 0.5) is 13.2 Å². The Kier molecular flexibility index (Phi) is 9.00. The first-order valence-corrected chi connectivity index (χ1v) is 13.8. The number of nitrogens with zero attached hydrogens (tertiary/aromatic N) is 6. The van der Waals surface area contributed by atoms with E-state index in [-0.39, 0.29) is 42.7 Å². The van der Waals surface area contributed by atoms with Crippen LogP contribution in [0, 0.1) is 19.1 Å². The Hall–Kier alpha value is -4.66. The molecule has 6 nitrogen and oxygen atoms in total. The Morgan fingerprint density at radius 3 is 2.09 bits per heavy atom. The van der Waals surface area contributed by atoms with Crippen molar-refractivity contribution in [3.05, 3.63) is 132 Å². The van der Waals surface area contributed by atoms with Crippen LogP contribution in [0.15, 0.2) is 97.3 Å². The molecule has 0 amide bonds. The van der Waals surface area contributed by atoms with Crippen LogP contribution in [0.25, 0.3) is 45.3 Å². The van der Waals surface area contributed by atoms with Gasteiger partial charge in [0.25, 0.3) is 0 Å². The van der Waals surface area contributed by atoms with Crippen molar-refractivity contribution in [1.82, 2.24) is 30.4 Å². The molecule has 7 rings (SSSR count). The van der Waals surface area contributed by atoms with Gasteiger partial charge in [-0.3, -0.25) is 4.98 Å². The zero-order chi connectivity index (χ0) is 30.9. The molecule has 6 aromatic rings. The zero-order valence-electron chi connectivity index (χ0n) is 24.4. The second kappa shape index (κ2) is 12.8. The third-order valence-electron chi connectivity index (χ3n) is 7.43. The molecule has 3 heterocycles. The predicted molar refractivity (Wildman–Crippen MR) is 161 cm³/mol. The van der Waals surface area contributed by atoms with Crippen molar-refractivity contribution in [3.63, 3.8) is 0 Å². The van der Waals surface area contributed by atoms with Crippen molar-refractivity contribution < 1.29 is 33.3 Å². The van der Waals surface area contributed by atoms with Gasteiger partial charge in [-0.1, -0.05) is 61.9 Å². The second-order valence-electron chi connectivity index (χ2n) is 10.8.